The van der Waals surface area contributed by atoms with Crippen molar-refractivity contribution in [1.82, 2.24) is 0 Å². The van der Waals surface area contributed by atoms with E-state index in [9.17, 15) is 5.11 Å². The zero-order chi connectivity index (χ0) is 9.90. The summed E-state index contributed by atoms with van der Waals surface area (Å²) < 4.78 is 0. The summed E-state index contributed by atoms with van der Waals surface area (Å²) in [7, 11) is 0. The lowest BCUT2D eigenvalue weighted by atomic mass is 9.63. The molecule has 0 amide bonds. The second-order valence-electron chi connectivity index (χ2n) is 4.71. The number of hydrogen-bond donors (Lipinski definition) is 1. The van der Waals surface area contributed by atoms with Crippen molar-refractivity contribution in [2.75, 3.05) is 0 Å². The van der Waals surface area contributed by atoms with Gasteiger partial charge in [0.15, 0.2) is 0 Å². The topological polar surface area (TPSA) is 20.2 Å². The van der Waals surface area contributed by atoms with Gasteiger partial charge in [0.1, 0.15) is 0 Å². The van der Waals surface area contributed by atoms with Crippen molar-refractivity contribution < 1.29 is 5.11 Å². The molecule has 0 aromatic carbocycles. The fourth-order valence-corrected chi connectivity index (χ4v) is 2.16. The SMILES string of the molecule is CC(C)=CCCC1(C(C)O)CCC1. The van der Waals surface area contributed by atoms with E-state index in [4.69, 9.17) is 0 Å². The molecule has 0 aromatic heterocycles. The average molecular weight is 182 g/mol. The zero-order valence-electron chi connectivity index (χ0n) is 9.14. The third-order valence-corrected chi connectivity index (χ3v) is 3.43. The molecule has 1 heteroatoms. The molecule has 0 bridgehead atoms. The Morgan fingerprint density at radius 3 is 2.38 bits per heavy atom. The number of aliphatic hydroxyl groups is 1. The summed E-state index contributed by atoms with van der Waals surface area (Å²) in [4.78, 5) is 0. The van der Waals surface area contributed by atoms with Crippen LogP contribution in [0, 0.1) is 5.41 Å². The van der Waals surface area contributed by atoms with Crippen LogP contribution < -0.4 is 0 Å². The molecule has 1 nitrogen and oxygen atoms in total. The fraction of sp³-hybridized carbons (Fsp3) is 0.833. The second kappa shape index (κ2) is 4.28. The Labute approximate surface area is 81.9 Å². The molecule has 1 unspecified atom stereocenters. The lowest BCUT2D eigenvalue weighted by Crippen LogP contribution is -2.39. The normalized spacial score (nSPS) is 21.8. The highest BCUT2D eigenvalue weighted by molar-refractivity contribution is 4.97. The monoisotopic (exact) mass is 182 g/mol. The largest absolute Gasteiger partial charge is 0.393 e. The van der Waals surface area contributed by atoms with E-state index in [2.05, 4.69) is 19.9 Å². The van der Waals surface area contributed by atoms with Gasteiger partial charge in [0.25, 0.3) is 0 Å². The van der Waals surface area contributed by atoms with Crippen LogP contribution in [0.5, 0.6) is 0 Å². The number of hydrogen-bond acceptors (Lipinski definition) is 1. The molecule has 1 rings (SSSR count). The predicted octanol–water partition coefficient (Wildman–Crippen LogP) is 3.28. The Kier molecular flexibility index (Phi) is 3.55. The van der Waals surface area contributed by atoms with Gasteiger partial charge in [0, 0.05) is 0 Å². The highest BCUT2D eigenvalue weighted by Gasteiger charge is 2.40. The molecule has 1 saturated carbocycles. The average Bonchev–Trinajstić information content (AvgIpc) is 1.93. The van der Waals surface area contributed by atoms with Crippen molar-refractivity contribution >= 4 is 0 Å². The van der Waals surface area contributed by atoms with Crippen molar-refractivity contribution in [2.45, 2.75) is 59.0 Å². The quantitative estimate of drug-likeness (QED) is 0.661. The van der Waals surface area contributed by atoms with Gasteiger partial charge in [-0.05, 0) is 51.9 Å². The Hall–Kier alpha value is -0.300. The molecule has 0 spiro atoms. The van der Waals surface area contributed by atoms with Crippen molar-refractivity contribution in [1.29, 1.82) is 0 Å². The first kappa shape index (κ1) is 10.8. The zero-order valence-corrected chi connectivity index (χ0v) is 9.14. The van der Waals surface area contributed by atoms with Crippen LogP contribution in [-0.4, -0.2) is 11.2 Å². The van der Waals surface area contributed by atoms with Gasteiger partial charge in [0.2, 0.25) is 0 Å². The van der Waals surface area contributed by atoms with E-state index in [1.807, 2.05) is 6.92 Å². The standard InChI is InChI=1S/C12H22O/c1-10(2)6-4-7-12(11(3)13)8-5-9-12/h6,11,13H,4-5,7-9H2,1-3H3. The molecule has 1 N–H and O–H groups in total. The van der Waals surface area contributed by atoms with Crippen molar-refractivity contribution in [3.05, 3.63) is 11.6 Å². The molecule has 0 saturated heterocycles. The third-order valence-electron chi connectivity index (χ3n) is 3.43. The van der Waals surface area contributed by atoms with E-state index in [-0.39, 0.29) is 11.5 Å². The minimum absolute atomic E-state index is 0.119. The molecular weight excluding hydrogens is 160 g/mol. The molecule has 76 valence electrons. The van der Waals surface area contributed by atoms with Gasteiger partial charge in [-0.15, -0.1) is 0 Å². The Morgan fingerprint density at radius 1 is 1.46 bits per heavy atom. The van der Waals surface area contributed by atoms with Gasteiger partial charge in [0.05, 0.1) is 6.10 Å². The van der Waals surface area contributed by atoms with Crippen LogP contribution in [0.15, 0.2) is 11.6 Å². The van der Waals surface area contributed by atoms with Crippen LogP contribution in [0.1, 0.15) is 52.9 Å². The molecule has 0 aromatic rings. The Balaban J connectivity index is 2.37. The van der Waals surface area contributed by atoms with Gasteiger partial charge in [-0.3, -0.25) is 0 Å². The van der Waals surface area contributed by atoms with Crippen LogP contribution >= 0.6 is 0 Å². The van der Waals surface area contributed by atoms with Crippen LogP contribution in [0.3, 0.4) is 0 Å². The molecule has 1 aliphatic rings. The highest BCUT2D eigenvalue weighted by atomic mass is 16.3. The summed E-state index contributed by atoms with van der Waals surface area (Å²) >= 11 is 0. The highest BCUT2D eigenvalue weighted by Crippen LogP contribution is 2.47. The first-order valence-corrected chi connectivity index (χ1v) is 5.38. The van der Waals surface area contributed by atoms with Gasteiger partial charge >= 0.3 is 0 Å². The van der Waals surface area contributed by atoms with E-state index >= 15 is 0 Å². The van der Waals surface area contributed by atoms with Crippen molar-refractivity contribution in [2.24, 2.45) is 5.41 Å². The van der Waals surface area contributed by atoms with E-state index in [1.165, 1.54) is 24.8 Å². The number of rotatable bonds is 4. The molecule has 0 aliphatic heterocycles. The molecule has 1 fully saturated rings. The number of aliphatic hydroxyl groups excluding tert-OH is 1. The Bertz CT molecular complexity index is 183. The smallest absolute Gasteiger partial charge is 0.0568 e. The van der Waals surface area contributed by atoms with Crippen molar-refractivity contribution in [3.63, 3.8) is 0 Å². The molecule has 13 heavy (non-hydrogen) atoms. The first-order chi connectivity index (χ1) is 6.07. The number of allylic oxidation sites excluding steroid dienone is 2. The Morgan fingerprint density at radius 2 is 2.08 bits per heavy atom. The summed E-state index contributed by atoms with van der Waals surface area (Å²) in [5, 5.41) is 9.67. The first-order valence-electron chi connectivity index (χ1n) is 5.38. The minimum Gasteiger partial charge on any atom is -0.393 e. The third kappa shape index (κ3) is 2.57. The van der Waals surface area contributed by atoms with Gasteiger partial charge in [-0.1, -0.05) is 18.1 Å². The fourth-order valence-electron chi connectivity index (χ4n) is 2.16. The van der Waals surface area contributed by atoms with E-state index in [0.717, 1.165) is 12.8 Å². The summed E-state index contributed by atoms with van der Waals surface area (Å²) in [6, 6.07) is 0. The van der Waals surface area contributed by atoms with Crippen molar-refractivity contribution in [3.8, 4) is 0 Å². The van der Waals surface area contributed by atoms with Crippen LogP contribution in [-0.2, 0) is 0 Å². The van der Waals surface area contributed by atoms with E-state index < -0.39 is 0 Å². The van der Waals surface area contributed by atoms with Gasteiger partial charge < -0.3 is 5.11 Å². The molecule has 0 radical (unpaired) electrons. The molecule has 0 heterocycles. The summed E-state index contributed by atoms with van der Waals surface area (Å²) in [5.74, 6) is 0. The maximum absolute atomic E-state index is 9.67. The molecule has 1 aliphatic carbocycles. The summed E-state index contributed by atoms with van der Waals surface area (Å²) in [6.07, 6.45) is 8.21. The maximum atomic E-state index is 9.67. The van der Waals surface area contributed by atoms with Gasteiger partial charge in [-0.25, -0.2) is 0 Å². The van der Waals surface area contributed by atoms with E-state index in [1.54, 1.807) is 0 Å². The van der Waals surface area contributed by atoms with E-state index in [0.29, 0.717) is 0 Å². The van der Waals surface area contributed by atoms with Gasteiger partial charge in [-0.2, -0.15) is 0 Å². The molecular formula is C12H22O. The lowest BCUT2D eigenvalue weighted by molar-refractivity contribution is -0.0289. The molecule has 1 atom stereocenters. The summed E-state index contributed by atoms with van der Waals surface area (Å²) in [5.41, 5.74) is 1.66. The lowest BCUT2D eigenvalue weighted by Gasteiger charge is -2.44. The predicted molar refractivity (Wildman–Crippen MR) is 56.6 cm³/mol. The van der Waals surface area contributed by atoms with Crippen LogP contribution in [0.25, 0.3) is 0 Å². The maximum Gasteiger partial charge on any atom is 0.0568 e. The second-order valence-corrected chi connectivity index (χ2v) is 4.71. The summed E-state index contributed by atoms with van der Waals surface area (Å²) in [6.45, 7) is 6.22. The minimum atomic E-state index is -0.119. The van der Waals surface area contributed by atoms with Crippen LogP contribution in [0.4, 0.5) is 0 Å². The van der Waals surface area contributed by atoms with Crippen LogP contribution in [0.2, 0.25) is 0 Å².